The van der Waals surface area contributed by atoms with E-state index in [2.05, 4.69) is 17.2 Å². The zero-order valence-electron chi connectivity index (χ0n) is 11.8. The molecule has 0 saturated carbocycles. The molecule has 0 fully saturated rings. The maximum absolute atomic E-state index is 12.1. The van der Waals surface area contributed by atoms with Crippen molar-refractivity contribution < 1.29 is 13.2 Å². The van der Waals surface area contributed by atoms with Crippen molar-refractivity contribution in [1.82, 2.24) is 14.9 Å². The smallest absolute Gasteiger partial charge is 0.284 e. The predicted molar refractivity (Wildman–Crippen MR) is 79.1 cm³/mol. The molecule has 4 nitrogen and oxygen atoms in total. The second-order valence-corrected chi connectivity index (χ2v) is 5.91. The maximum Gasteiger partial charge on any atom is 0.284 e. The number of hydrogen-bond acceptors (Lipinski definition) is 4. The molecule has 1 atom stereocenters. The van der Waals surface area contributed by atoms with Crippen LogP contribution in [0.15, 0.2) is 35.3 Å². The Morgan fingerprint density at radius 1 is 1.38 bits per heavy atom. The van der Waals surface area contributed by atoms with E-state index in [0.29, 0.717) is 30.0 Å². The van der Waals surface area contributed by atoms with Gasteiger partial charge in [0.05, 0.1) is 18.6 Å². The van der Waals surface area contributed by atoms with Crippen LogP contribution in [-0.2, 0) is 18.8 Å². The van der Waals surface area contributed by atoms with Crippen molar-refractivity contribution in [1.29, 1.82) is 0 Å². The minimum Gasteiger partial charge on any atom is -0.464 e. The number of nitrogens with one attached hydrogen (secondary N) is 1. The van der Waals surface area contributed by atoms with Crippen LogP contribution in [0.3, 0.4) is 0 Å². The van der Waals surface area contributed by atoms with Crippen molar-refractivity contribution in [2.75, 3.05) is 6.54 Å². The molecule has 0 aliphatic heterocycles. The van der Waals surface area contributed by atoms with Gasteiger partial charge < -0.3 is 14.3 Å². The Kier molecular flexibility index (Phi) is 6.25. The highest BCUT2D eigenvalue weighted by Gasteiger charge is 2.08. The zero-order chi connectivity index (χ0) is 15.1. The van der Waals surface area contributed by atoms with Crippen LogP contribution in [0.5, 0.6) is 0 Å². The van der Waals surface area contributed by atoms with Gasteiger partial charge in [-0.3, -0.25) is 0 Å². The summed E-state index contributed by atoms with van der Waals surface area (Å²) in [5, 5.41) is 3.31. The van der Waals surface area contributed by atoms with Crippen molar-refractivity contribution in [3.63, 3.8) is 0 Å². The molecule has 2 rings (SSSR count). The Labute approximate surface area is 126 Å². The van der Waals surface area contributed by atoms with Crippen LogP contribution in [-0.4, -0.2) is 21.9 Å². The largest absolute Gasteiger partial charge is 0.464 e. The predicted octanol–water partition coefficient (Wildman–Crippen LogP) is 3.36. The highest BCUT2D eigenvalue weighted by atomic mass is 32.2. The summed E-state index contributed by atoms with van der Waals surface area (Å²) in [6.07, 6.45) is 5.51. The van der Waals surface area contributed by atoms with Gasteiger partial charge in [-0.2, -0.15) is 8.78 Å². The van der Waals surface area contributed by atoms with Gasteiger partial charge in [0, 0.05) is 18.9 Å². The Hall–Kier alpha value is -1.34. The number of aromatic nitrogens is 2. The summed E-state index contributed by atoms with van der Waals surface area (Å²) in [7, 11) is 0. The second-order valence-electron chi connectivity index (χ2n) is 4.94. The van der Waals surface area contributed by atoms with Gasteiger partial charge >= 0.3 is 0 Å². The summed E-state index contributed by atoms with van der Waals surface area (Å²) < 4.78 is 31.7. The molecular formula is C14H19F2N3OS. The normalized spacial score (nSPS) is 13.0. The molecule has 1 N–H and O–H groups in total. The molecule has 2 aromatic rings. The van der Waals surface area contributed by atoms with Gasteiger partial charge in [-0.25, -0.2) is 4.98 Å². The van der Waals surface area contributed by atoms with E-state index in [0.717, 1.165) is 18.8 Å². The Morgan fingerprint density at radius 2 is 2.19 bits per heavy atom. The standard InChI is InChI=1S/C14H19F2N3OS/c1-11(8-19-5-4-17-10-19)6-18-7-12-2-3-13(20-12)9-21-14(15)16/h2-5,10-11,14,18H,6-9H2,1H3. The third-order valence-electron chi connectivity index (χ3n) is 2.94. The third kappa shape index (κ3) is 5.89. The number of thioether (sulfide) groups is 1. The summed E-state index contributed by atoms with van der Waals surface area (Å²) >= 11 is 0.572. The first kappa shape index (κ1) is 16.0. The fourth-order valence-electron chi connectivity index (χ4n) is 2.00. The van der Waals surface area contributed by atoms with E-state index in [1.165, 1.54) is 0 Å². The molecule has 0 spiro atoms. The molecule has 0 radical (unpaired) electrons. The Bertz CT molecular complexity index is 516. The summed E-state index contributed by atoms with van der Waals surface area (Å²) in [6, 6.07) is 3.58. The first-order chi connectivity index (χ1) is 10.1. The van der Waals surface area contributed by atoms with Gasteiger partial charge in [-0.05, 0) is 24.6 Å². The average molecular weight is 315 g/mol. The topological polar surface area (TPSA) is 43.0 Å². The van der Waals surface area contributed by atoms with E-state index >= 15 is 0 Å². The van der Waals surface area contributed by atoms with Gasteiger partial charge in [0.15, 0.2) is 0 Å². The summed E-state index contributed by atoms with van der Waals surface area (Å²) in [5.74, 6) is -0.337. The lowest BCUT2D eigenvalue weighted by Gasteiger charge is -2.12. The molecule has 0 saturated heterocycles. The van der Waals surface area contributed by atoms with Crippen molar-refractivity contribution in [3.8, 4) is 0 Å². The van der Waals surface area contributed by atoms with Crippen LogP contribution in [0, 0.1) is 5.92 Å². The van der Waals surface area contributed by atoms with E-state index in [4.69, 9.17) is 4.42 Å². The van der Waals surface area contributed by atoms with E-state index in [1.54, 1.807) is 18.6 Å². The molecule has 21 heavy (non-hydrogen) atoms. The van der Waals surface area contributed by atoms with E-state index in [-0.39, 0.29) is 5.75 Å². The molecule has 0 aliphatic carbocycles. The molecule has 2 heterocycles. The minimum absolute atomic E-state index is 0.203. The Morgan fingerprint density at radius 3 is 2.90 bits per heavy atom. The highest BCUT2D eigenvalue weighted by Crippen LogP contribution is 2.21. The monoisotopic (exact) mass is 315 g/mol. The van der Waals surface area contributed by atoms with E-state index < -0.39 is 5.76 Å². The van der Waals surface area contributed by atoms with Gasteiger partial charge in [-0.15, -0.1) is 0 Å². The zero-order valence-corrected chi connectivity index (χ0v) is 12.7. The lowest BCUT2D eigenvalue weighted by atomic mass is 10.2. The lowest BCUT2D eigenvalue weighted by molar-refractivity contribution is 0.251. The molecule has 0 aliphatic rings. The average Bonchev–Trinajstić information content (AvgIpc) is 3.08. The fourth-order valence-corrected chi connectivity index (χ4v) is 2.45. The minimum atomic E-state index is -2.36. The van der Waals surface area contributed by atoms with Crippen molar-refractivity contribution in [2.45, 2.75) is 31.5 Å². The first-order valence-electron chi connectivity index (χ1n) is 6.77. The number of imidazole rings is 1. The van der Waals surface area contributed by atoms with Gasteiger partial charge in [-0.1, -0.05) is 18.7 Å². The molecule has 1 unspecified atom stereocenters. The molecular weight excluding hydrogens is 296 g/mol. The molecule has 7 heteroatoms. The van der Waals surface area contributed by atoms with Crippen LogP contribution >= 0.6 is 11.8 Å². The van der Waals surface area contributed by atoms with Gasteiger partial charge in [0.1, 0.15) is 11.5 Å². The lowest BCUT2D eigenvalue weighted by Crippen LogP contribution is -2.23. The van der Waals surface area contributed by atoms with E-state index in [1.807, 2.05) is 16.8 Å². The van der Waals surface area contributed by atoms with Crippen molar-refractivity contribution in [2.24, 2.45) is 5.92 Å². The number of rotatable bonds is 9. The second kappa shape index (κ2) is 8.19. The maximum atomic E-state index is 12.1. The molecule has 116 valence electrons. The number of alkyl halides is 2. The van der Waals surface area contributed by atoms with Crippen molar-refractivity contribution in [3.05, 3.63) is 42.4 Å². The fraction of sp³-hybridized carbons (Fsp3) is 0.500. The molecule has 2 aromatic heterocycles. The SMILES string of the molecule is CC(CNCc1ccc(CSC(F)F)o1)Cn1ccnc1. The van der Waals surface area contributed by atoms with Gasteiger partial charge in [0.25, 0.3) is 5.76 Å². The quantitative estimate of drug-likeness (QED) is 0.770. The first-order valence-corrected chi connectivity index (χ1v) is 7.82. The van der Waals surface area contributed by atoms with Crippen LogP contribution in [0.25, 0.3) is 0 Å². The summed E-state index contributed by atoms with van der Waals surface area (Å²) in [6.45, 7) is 4.51. The van der Waals surface area contributed by atoms with Crippen LogP contribution in [0.2, 0.25) is 0 Å². The number of hydrogen-bond donors (Lipinski definition) is 1. The number of nitrogens with zero attached hydrogens (tertiary/aromatic N) is 2. The number of furan rings is 1. The van der Waals surface area contributed by atoms with E-state index in [9.17, 15) is 8.78 Å². The molecule has 0 aromatic carbocycles. The van der Waals surface area contributed by atoms with Crippen LogP contribution < -0.4 is 5.32 Å². The van der Waals surface area contributed by atoms with Gasteiger partial charge in [0.2, 0.25) is 0 Å². The van der Waals surface area contributed by atoms with Crippen LogP contribution in [0.1, 0.15) is 18.4 Å². The highest BCUT2D eigenvalue weighted by molar-refractivity contribution is 7.98. The number of halogens is 2. The Balaban J connectivity index is 1.66. The molecule has 0 bridgehead atoms. The summed E-state index contributed by atoms with van der Waals surface area (Å²) in [5.41, 5.74) is 0. The van der Waals surface area contributed by atoms with Crippen molar-refractivity contribution >= 4 is 11.8 Å². The summed E-state index contributed by atoms with van der Waals surface area (Å²) in [4.78, 5) is 4.01. The third-order valence-corrected chi connectivity index (χ3v) is 3.65. The van der Waals surface area contributed by atoms with Crippen LogP contribution in [0.4, 0.5) is 8.78 Å². The molecule has 0 amide bonds.